The van der Waals surface area contributed by atoms with Gasteiger partial charge in [0, 0.05) is 15.3 Å². The Morgan fingerprint density at radius 2 is 1.76 bits per heavy atom. The van der Waals surface area contributed by atoms with Crippen LogP contribution >= 0.6 is 22.6 Å². The first-order chi connectivity index (χ1) is 8.15. The van der Waals surface area contributed by atoms with Crippen LogP contribution in [0.4, 0.5) is 5.69 Å². The Morgan fingerprint density at radius 1 is 1.06 bits per heavy atom. The minimum absolute atomic E-state index is 0.328. The maximum absolute atomic E-state index is 3.52. The smallest absolute Gasteiger partial charge is 0.0485 e. The van der Waals surface area contributed by atoms with Gasteiger partial charge in [-0.25, -0.2) is 0 Å². The third kappa shape index (κ3) is 3.46. The molecule has 17 heavy (non-hydrogen) atoms. The van der Waals surface area contributed by atoms with E-state index in [1.807, 2.05) is 0 Å². The van der Waals surface area contributed by atoms with E-state index >= 15 is 0 Å². The van der Waals surface area contributed by atoms with E-state index in [1.54, 1.807) is 0 Å². The summed E-state index contributed by atoms with van der Waals surface area (Å²) in [6.45, 7) is 4.30. The van der Waals surface area contributed by atoms with Crippen molar-refractivity contribution in [3.05, 3.63) is 63.2 Å². The fraction of sp³-hybridized carbons (Fsp3) is 0.200. The van der Waals surface area contributed by atoms with Crippen molar-refractivity contribution in [2.75, 3.05) is 5.32 Å². The van der Waals surface area contributed by atoms with Crippen molar-refractivity contribution in [1.29, 1.82) is 0 Å². The summed E-state index contributed by atoms with van der Waals surface area (Å²) in [5.41, 5.74) is 3.77. The van der Waals surface area contributed by atoms with Crippen LogP contribution in [0.1, 0.15) is 24.1 Å². The van der Waals surface area contributed by atoms with Crippen molar-refractivity contribution < 1.29 is 0 Å². The molecule has 2 aromatic carbocycles. The Hall–Kier alpha value is -1.03. The molecule has 1 N–H and O–H groups in total. The number of halogens is 1. The Kier molecular flexibility index (Phi) is 4.05. The van der Waals surface area contributed by atoms with E-state index in [9.17, 15) is 0 Å². The lowest BCUT2D eigenvalue weighted by atomic mass is 10.1. The van der Waals surface area contributed by atoms with Crippen LogP contribution in [-0.4, -0.2) is 0 Å². The fourth-order valence-corrected chi connectivity index (χ4v) is 2.18. The molecule has 0 spiro atoms. The molecule has 0 bridgehead atoms. The molecule has 0 aliphatic carbocycles. The maximum Gasteiger partial charge on any atom is 0.0485 e. The highest BCUT2D eigenvalue weighted by Crippen LogP contribution is 2.20. The van der Waals surface area contributed by atoms with Crippen LogP contribution in [-0.2, 0) is 0 Å². The number of anilines is 1. The number of aryl methyl sites for hydroxylation is 1. The molecule has 0 aliphatic rings. The minimum atomic E-state index is 0.328. The quantitative estimate of drug-likeness (QED) is 0.796. The van der Waals surface area contributed by atoms with E-state index in [0.29, 0.717) is 6.04 Å². The van der Waals surface area contributed by atoms with E-state index in [4.69, 9.17) is 0 Å². The van der Waals surface area contributed by atoms with Gasteiger partial charge in [-0.3, -0.25) is 0 Å². The van der Waals surface area contributed by atoms with E-state index in [1.165, 1.54) is 20.4 Å². The van der Waals surface area contributed by atoms with Gasteiger partial charge in [-0.1, -0.05) is 24.3 Å². The van der Waals surface area contributed by atoms with Crippen LogP contribution in [0.3, 0.4) is 0 Å². The van der Waals surface area contributed by atoms with Gasteiger partial charge in [0.15, 0.2) is 0 Å². The molecule has 1 atom stereocenters. The van der Waals surface area contributed by atoms with Crippen LogP contribution in [0.15, 0.2) is 48.5 Å². The highest BCUT2D eigenvalue weighted by Gasteiger charge is 2.04. The molecule has 0 saturated heterocycles. The molecule has 0 saturated carbocycles. The molecule has 2 aromatic rings. The Balaban J connectivity index is 2.11. The van der Waals surface area contributed by atoms with Crippen LogP contribution < -0.4 is 5.32 Å². The second-order valence-electron chi connectivity index (χ2n) is 4.29. The molecule has 88 valence electrons. The first-order valence-corrected chi connectivity index (χ1v) is 6.82. The van der Waals surface area contributed by atoms with E-state index in [-0.39, 0.29) is 0 Å². The minimum Gasteiger partial charge on any atom is -0.379 e. The van der Waals surface area contributed by atoms with Crippen LogP contribution in [0.25, 0.3) is 0 Å². The number of hydrogen-bond donors (Lipinski definition) is 1. The molecule has 0 aliphatic heterocycles. The lowest BCUT2D eigenvalue weighted by Gasteiger charge is -2.16. The van der Waals surface area contributed by atoms with E-state index < -0.39 is 0 Å². The van der Waals surface area contributed by atoms with Gasteiger partial charge in [0.25, 0.3) is 0 Å². The van der Waals surface area contributed by atoms with Crippen LogP contribution in [0, 0.1) is 10.5 Å². The summed E-state index contributed by atoms with van der Waals surface area (Å²) in [5, 5.41) is 3.52. The molecule has 1 unspecified atom stereocenters. The van der Waals surface area contributed by atoms with Gasteiger partial charge < -0.3 is 5.32 Å². The fourth-order valence-electron chi connectivity index (χ4n) is 1.82. The van der Waals surface area contributed by atoms with Gasteiger partial charge in [0.1, 0.15) is 0 Å². The Labute approximate surface area is 116 Å². The highest BCUT2D eigenvalue weighted by atomic mass is 127. The highest BCUT2D eigenvalue weighted by molar-refractivity contribution is 14.1. The Bertz CT molecular complexity index is 491. The number of nitrogens with one attached hydrogen (secondary N) is 1. The van der Waals surface area contributed by atoms with Crippen LogP contribution in [0.2, 0.25) is 0 Å². The second kappa shape index (κ2) is 5.54. The largest absolute Gasteiger partial charge is 0.379 e. The lowest BCUT2D eigenvalue weighted by molar-refractivity contribution is 0.884. The molecular weight excluding hydrogens is 321 g/mol. The zero-order chi connectivity index (χ0) is 12.3. The van der Waals surface area contributed by atoms with Gasteiger partial charge in [-0.15, -0.1) is 0 Å². The average Bonchev–Trinajstić information content (AvgIpc) is 2.29. The van der Waals surface area contributed by atoms with Crippen molar-refractivity contribution in [2.24, 2.45) is 0 Å². The monoisotopic (exact) mass is 337 g/mol. The SMILES string of the molecule is Cc1cccc(NC(C)c2ccc(I)cc2)c1. The summed E-state index contributed by atoms with van der Waals surface area (Å²) < 4.78 is 1.27. The zero-order valence-electron chi connectivity index (χ0n) is 10.1. The van der Waals surface area contributed by atoms with Crippen molar-refractivity contribution in [3.8, 4) is 0 Å². The summed E-state index contributed by atoms with van der Waals surface area (Å²) >= 11 is 2.33. The summed E-state index contributed by atoms with van der Waals surface area (Å²) in [4.78, 5) is 0. The number of benzene rings is 2. The summed E-state index contributed by atoms with van der Waals surface area (Å²) in [6.07, 6.45) is 0. The predicted octanol–water partition coefficient (Wildman–Crippen LogP) is 4.77. The molecule has 2 rings (SSSR count). The topological polar surface area (TPSA) is 12.0 Å². The van der Waals surface area contributed by atoms with Gasteiger partial charge >= 0.3 is 0 Å². The van der Waals surface area contributed by atoms with Crippen LogP contribution in [0.5, 0.6) is 0 Å². The number of rotatable bonds is 3. The molecular formula is C15H16IN. The molecule has 2 heteroatoms. The number of hydrogen-bond acceptors (Lipinski definition) is 1. The van der Waals surface area contributed by atoms with Crippen molar-refractivity contribution >= 4 is 28.3 Å². The van der Waals surface area contributed by atoms with Crippen molar-refractivity contribution in [3.63, 3.8) is 0 Å². The first kappa shape index (κ1) is 12.4. The molecule has 1 nitrogen and oxygen atoms in total. The van der Waals surface area contributed by atoms with Crippen molar-refractivity contribution in [1.82, 2.24) is 0 Å². The standard InChI is InChI=1S/C15H16IN/c1-11-4-3-5-15(10-11)17-12(2)13-6-8-14(16)9-7-13/h3-10,12,17H,1-2H3. The molecule has 0 aromatic heterocycles. The molecule has 0 fully saturated rings. The third-order valence-corrected chi connectivity index (χ3v) is 3.49. The normalized spacial score (nSPS) is 12.2. The maximum atomic E-state index is 3.52. The van der Waals surface area contributed by atoms with E-state index in [2.05, 4.69) is 90.3 Å². The van der Waals surface area contributed by atoms with Gasteiger partial charge in [-0.05, 0) is 71.8 Å². The van der Waals surface area contributed by atoms with Gasteiger partial charge in [0.05, 0.1) is 0 Å². The first-order valence-electron chi connectivity index (χ1n) is 5.74. The molecule has 0 heterocycles. The lowest BCUT2D eigenvalue weighted by Crippen LogP contribution is -2.06. The van der Waals surface area contributed by atoms with Gasteiger partial charge in [0.2, 0.25) is 0 Å². The molecule has 0 amide bonds. The summed E-state index contributed by atoms with van der Waals surface area (Å²) in [7, 11) is 0. The summed E-state index contributed by atoms with van der Waals surface area (Å²) in [6, 6.07) is 17.4. The van der Waals surface area contributed by atoms with Crippen molar-refractivity contribution in [2.45, 2.75) is 19.9 Å². The Morgan fingerprint density at radius 3 is 2.41 bits per heavy atom. The summed E-state index contributed by atoms with van der Waals surface area (Å²) in [5.74, 6) is 0. The predicted molar refractivity (Wildman–Crippen MR) is 82.4 cm³/mol. The third-order valence-electron chi connectivity index (χ3n) is 2.77. The van der Waals surface area contributed by atoms with E-state index in [0.717, 1.165) is 0 Å². The second-order valence-corrected chi connectivity index (χ2v) is 5.53. The zero-order valence-corrected chi connectivity index (χ0v) is 12.2. The average molecular weight is 337 g/mol. The molecule has 0 radical (unpaired) electrons. The van der Waals surface area contributed by atoms with Gasteiger partial charge in [-0.2, -0.15) is 0 Å².